The Labute approximate surface area is 115 Å². The van der Waals surface area contributed by atoms with Gasteiger partial charge in [0.2, 0.25) is 0 Å². The minimum absolute atomic E-state index is 0.264. The van der Waals surface area contributed by atoms with Gasteiger partial charge in [-0.15, -0.1) is 0 Å². The number of thiocarbonyl (C=S) groups is 1. The van der Waals surface area contributed by atoms with Gasteiger partial charge in [-0.05, 0) is 18.2 Å². The first-order valence-corrected chi connectivity index (χ1v) is 5.91. The summed E-state index contributed by atoms with van der Waals surface area (Å²) >= 11 is 10.9. The van der Waals surface area contributed by atoms with Gasteiger partial charge >= 0.3 is 0 Å². The van der Waals surface area contributed by atoms with Gasteiger partial charge in [0, 0.05) is 12.6 Å². The quantitative estimate of drug-likeness (QED) is 0.865. The van der Waals surface area contributed by atoms with Crippen molar-refractivity contribution in [2.45, 2.75) is 6.61 Å². The Kier molecular flexibility index (Phi) is 3.78. The van der Waals surface area contributed by atoms with Crippen LogP contribution >= 0.6 is 23.8 Å². The van der Waals surface area contributed by atoms with Crippen molar-refractivity contribution in [1.29, 1.82) is 0 Å². The Morgan fingerprint density at radius 3 is 2.89 bits per heavy atom. The minimum atomic E-state index is 0.264. The molecule has 18 heavy (non-hydrogen) atoms. The van der Waals surface area contributed by atoms with Gasteiger partial charge in [-0.3, -0.25) is 4.68 Å². The molecule has 1 aromatic heterocycles. The fourth-order valence-corrected chi connectivity index (χ4v) is 1.89. The highest BCUT2D eigenvalue weighted by Crippen LogP contribution is 2.23. The molecule has 0 atom stereocenters. The molecule has 2 rings (SSSR count). The number of halogens is 1. The second-order valence-electron chi connectivity index (χ2n) is 3.59. The minimum Gasteiger partial charge on any atom is -0.486 e. The molecular formula is C11H11ClN4OS. The van der Waals surface area contributed by atoms with Crippen LogP contribution in [0.1, 0.15) is 11.4 Å². The molecule has 0 saturated heterocycles. The van der Waals surface area contributed by atoms with Gasteiger partial charge in [0.15, 0.2) is 5.82 Å². The van der Waals surface area contributed by atoms with Crippen LogP contribution in [0.3, 0.4) is 0 Å². The second kappa shape index (κ2) is 5.32. The third-order valence-electron chi connectivity index (χ3n) is 2.38. The van der Waals surface area contributed by atoms with Crippen molar-refractivity contribution >= 4 is 28.8 Å². The molecule has 2 aromatic rings. The van der Waals surface area contributed by atoms with Crippen LogP contribution in [-0.4, -0.2) is 19.8 Å². The highest BCUT2D eigenvalue weighted by molar-refractivity contribution is 7.80. The van der Waals surface area contributed by atoms with E-state index in [1.807, 2.05) is 0 Å². The number of aromatic nitrogens is 3. The van der Waals surface area contributed by atoms with Crippen molar-refractivity contribution in [3.63, 3.8) is 0 Å². The van der Waals surface area contributed by atoms with Gasteiger partial charge < -0.3 is 10.5 Å². The molecule has 94 valence electrons. The maximum Gasteiger partial charge on any atom is 0.164 e. The average Bonchev–Trinajstić information content (AvgIpc) is 2.72. The molecule has 2 N–H and O–H groups in total. The largest absolute Gasteiger partial charge is 0.486 e. The van der Waals surface area contributed by atoms with Crippen molar-refractivity contribution in [2.24, 2.45) is 12.8 Å². The van der Waals surface area contributed by atoms with E-state index in [0.29, 0.717) is 22.9 Å². The van der Waals surface area contributed by atoms with Crippen LogP contribution in [0.4, 0.5) is 0 Å². The van der Waals surface area contributed by atoms with Crippen molar-refractivity contribution in [3.8, 4) is 5.75 Å². The lowest BCUT2D eigenvalue weighted by molar-refractivity contribution is 0.290. The van der Waals surface area contributed by atoms with Gasteiger partial charge in [0.25, 0.3) is 0 Å². The molecule has 0 bridgehead atoms. The third kappa shape index (κ3) is 2.77. The van der Waals surface area contributed by atoms with E-state index < -0.39 is 0 Å². The molecule has 0 amide bonds. The standard InChI is InChI=1S/C11H11ClN4OS/c1-16-10(14-6-15-16)5-17-7-2-3-8(11(13)18)9(12)4-7/h2-4,6H,5H2,1H3,(H2,13,18). The summed E-state index contributed by atoms with van der Waals surface area (Å²) in [6.45, 7) is 0.319. The van der Waals surface area contributed by atoms with E-state index in [1.165, 1.54) is 6.33 Å². The normalized spacial score (nSPS) is 10.3. The van der Waals surface area contributed by atoms with Crippen molar-refractivity contribution in [1.82, 2.24) is 14.8 Å². The first kappa shape index (κ1) is 12.8. The van der Waals surface area contributed by atoms with Crippen molar-refractivity contribution < 1.29 is 4.74 Å². The Morgan fingerprint density at radius 2 is 2.33 bits per heavy atom. The summed E-state index contributed by atoms with van der Waals surface area (Å²) < 4.78 is 7.20. The number of ether oxygens (including phenoxy) is 1. The predicted octanol–water partition coefficient (Wildman–Crippen LogP) is 1.68. The fourth-order valence-electron chi connectivity index (χ4n) is 1.38. The maximum absolute atomic E-state index is 6.04. The molecule has 5 nitrogen and oxygen atoms in total. The maximum atomic E-state index is 6.04. The lowest BCUT2D eigenvalue weighted by atomic mass is 10.2. The van der Waals surface area contributed by atoms with Gasteiger partial charge in [-0.25, -0.2) is 4.98 Å². The molecule has 0 unspecified atom stereocenters. The first-order valence-electron chi connectivity index (χ1n) is 5.13. The Bertz CT molecular complexity index is 584. The summed E-state index contributed by atoms with van der Waals surface area (Å²) in [5.41, 5.74) is 6.16. The summed E-state index contributed by atoms with van der Waals surface area (Å²) in [5, 5.41) is 4.42. The molecule has 0 aliphatic carbocycles. The van der Waals surface area contributed by atoms with Crippen LogP contribution in [0.2, 0.25) is 5.02 Å². The number of nitrogens with two attached hydrogens (primary N) is 1. The number of benzene rings is 1. The molecule has 1 heterocycles. The lowest BCUT2D eigenvalue weighted by Gasteiger charge is -2.08. The number of hydrogen-bond donors (Lipinski definition) is 1. The van der Waals surface area contributed by atoms with Crippen LogP contribution < -0.4 is 10.5 Å². The van der Waals surface area contributed by atoms with Gasteiger partial charge in [0.05, 0.1) is 5.02 Å². The van der Waals surface area contributed by atoms with Gasteiger partial charge in [0.1, 0.15) is 23.7 Å². The molecule has 0 fully saturated rings. The molecule has 7 heteroatoms. The third-order valence-corrected chi connectivity index (χ3v) is 2.91. The molecule has 0 saturated carbocycles. The molecule has 0 spiro atoms. The summed E-state index contributed by atoms with van der Waals surface area (Å²) in [7, 11) is 1.80. The monoisotopic (exact) mass is 282 g/mol. The van der Waals surface area contributed by atoms with Gasteiger partial charge in [-0.1, -0.05) is 23.8 Å². The topological polar surface area (TPSA) is 66.0 Å². The van der Waals surface area contributed by atoms with E-state index in [9.17, 15) is 0 Å². The van der Waals surface area contributed by atoms with Gasteiger partial charge in [-0.2, -0.15) is 5.10 Å². The van der Waals surface area contributed by atoms with E-state index in [2.05, 4.69) is 10.1 Å². The zero-order chi connectivity index (χ0) is 13.1. The average molecular weight is 283 g/mol. The Hall–Kier alpha value is -1.66. The molecule has 0 aliphatic heterocycles. The van der Waals surface area contributed by atoms with E-state index >= 15 is 0 Å². The summed E-state index contributed by atoms with van der Waals surface area (Å²) in [6, 6.07) is 5.17. The SMILES string of the molecule is Cn1ncnc1COc1ccc(C(N)=S)c(Cl)c1. The molecule has 0 radical (unpaired) electrons. The second-order valence-corrected chi connectivity index (χ2v) is 4.44. The van der Waals surface area contributed by atoms with Crippen LogP contribution in [-0.2, 0) is 13.7 Å². The molecular weight excluding hydrogens is 272 g/mol. The van der Waals surface area contributed by atoms with Crippen LogP contribution in [0.5, 0.6) is 5.75 Å². The van der Waals surface area contributed by atoms with E-state index in [4.69, 9.17) is 34.3 Å². The van der Waals surface area contributed by atoms with Crippen LogP contribution in [0.25, 0.3) is 0 Å². The number of hydrogen-bond acceptors (Lipinski definition) is 4. The van der Waals surface area contributed by atoms with Crippen molar-refractivity contribution in [2.75, 3.05) is 0 Å². The van der Waals surface area contributed by atoms with E-state index in [-0.39, 0.29) is 4.99 Å². The van der Waals surface area contributed by atoms with Crippen molar-refractivity contribution in [3.05, 3.63) is 40.9 Å². The highest BCUT2D eigenvalue weighted by atomic mass is 35.5. The number of nitrogens with zero attached hydrogens (tertiary/aromatic N) is 3. The first-order chi connectivity index (χ1) is 8.58. The van der Waals surface area contributed by atoms with Crippen LogP contribution in [0, 0.1) is 0 Å². The molecule has 0 aliphatic rings. The van der Waals surface area contributed by atoms with Crippen LogP contribution in [0.15, 0.2) is 24.5 Å². The smallest absolute Gasteiger partial charge is 0.164 e. The summed E-state index contributed by atoms with van der Waals surface area (Å²) in [4.78, 5) is 4.32. The zero-order valence-corrected chi connectivity index (χ0v) is 11.2. The lowest BCUT2D eigenvalue weighted by Crippen LogP contribution is -2.10. The summed E-state index contributed by atoms with van der Waals surface area (Å²) in [5.74, 6) is 1.35. The summed E-state index contributed by atoms with van der Waals surface area (Å²) in [6.07, 6.45) is 1.47. The molecule has 1 aromatic carbocycles. The van der Waals surface area contributed by atoms with E-state index in [1.54, 1.807) is 29.9 Å². The van der Waals surface area contributed by atoms with E-state index in [0.717, 1.165) is 5.82 Å². The Balaban J connectivity index is 2.09. The highest BCUT2D eigenvalue weighted by Gasteiger charge is 2.06. The Morgan fingerprint density at radius 1 is 1.56 bits per heavy atom. The number of aryl methyl sites for hydroxylation is 1. The fraction of sp³-hybridized carbons (Fsp3) is 0.182. The predicted molar refractivity (Wildman–Crippen MR) is 72.7 cm³/mol. The number of rotatable bonds is 4. The zero-order valence-electron chi connectivity index (χ0n) is 9.63.